The fourth-order valence-corrected chi connectivity index (χ4v) is 3.35. The molecule has 0 saturated carbocycles. The highest BCUT2D eigenvalue weighted by Crippen LogP contribution is 2.40. The molecule has 0 fully saturated rings. The first-order chi connectivity index (χ1) is 10.2. The van der Waals surface area contributed by atoms with Gasteiger partial charge in [0.25, 0.3) is 0 Å². The third-order valence-electron chi connectivity index (χ3n) is 4.53. The van der Waals surface area contributed by atoms with Crippen LogP contribution in [0.4, 0.5) is 0 Å². The van der Waals surface area contributed by atoms with Crippen LogP contribution in [0.15, 0.2) is 48.5 Å². The van der Waals surface area contributed by atoms with Crippen LogP contribution in [0.5, 0.6) is 0 Å². The van der Waals surface area contributed by atoms with Crippen molar-refractivity contribution in [1.82, 2.24) is 0 Å². The van der Waals surface area contributed by atoms with Gasteiger partial charge in [0.05, 0.1) is 0 Å². The molecule has 3 aromatic rings. The van der Waals surface area contributed by atoms with Crippen molar-refractivity contribution in [2.75, 3.05) is 0 Å². The van der Waals surface area contributed by atoms with Crippen molar-refractivity contribution in [3.05, 3.63) is 70.8 Å². The summed E-state index contributed by atoms with van der Waals surface area (Å²) in [5.74, 6) is 0.156. The number of benzene rings is 3. The highest BCUT2D eigenvalue weighted by Gasteiger charge is 2.25. The quantitative estimate of drug-likeness (QED) is 0.480. The Morgan fingerprint density at radius 3 is 2.48 bits per heavy atom. The molecule has 0 bridgehead atoms. The van der Waals surface area contributed by atoms with E-state index in [2.05, 4.69) is 50.2 Å². The van der Waals surface area contributed by atoms with Gasteiger partial charge in [-0.2, -0.15) is 0 Å². The normalized spacial score (nSPS) is 12.6. The molecule has 1 aliphatic rings. The standard InChI is InChI=1S/C20H16O/c1-3-13-8-10-15-16-6-4-5-14-12(2)7-9-17(19(14)16)20(21)18(15)11-13/h4-11H,3H2,1-2H3. The maximum Gasteiger partial charge on any atom is 0.194 e. The van der Waals surface area contributed by atoms with Crippen LogP contribution in [0.25, 0.3) is 21.9 Å². The molecule has 0 heterocycles. The van der Waals surface area contributed by atoms with Gasteiger partial charge in [0.15, 0.2) is 5.78 Å². The molecule has 0 aliphatic heterocycles. The number of aryl methyl sites for hydroxylation is 2. The summed E-state index contributed by atoms with van der Waals surface area (Å²) in [4.78, 5) is 12.9. The third kappa shape index (κ3) is 1.61. The predicted molar refractivity (Wildman–Crippen MR) is 86.9 cm³/mol. The SMILES string of the molecule is CCc1ccc2c(c1)C(=O)c1ccc(C)c3cccc-2c13. The fraction of sp³-hybridized carbons (Fsp3) is 0.150. The van der Waals surface area contributed by atoms with Crippen LogP contribution in [-0.4, -0.2) is 5.78 Å². The average Bonchev–Trinajstić information content (AvgIpc) is 2.53. The first-order valence-corrected chi connectivity index (χ1v) is 7.41. The maximum atomic E-state index is 12.9. The van der Waals surface area contributed by atoms with Gasteiger partial charge in [0, 0.05) is 16.5 Å². The van der Waals surface area contributed by atoms with E-state index in [4.69, 9.17) is 0 Å². The molecular formula is C20H16O. The van der Waals surface area contributed by atoms with E-state index >= 15 is 0 Å². The van der Waals surface area contributed by atoms with E-state index in [0.717, 1.165) is 28.5 Å². The number of carbonyl (C=O) groups is 1. The lowest BCUT2D eigenvalue weighted by molar-refractivity contribution is 0.104. The average molecular weight is 272 g/mol. The second-order valence-electron chi connectivity index (χ2n) is 5.72. The minimum atomic E-state index is 0.156. The number of carbonyl (C=O) groups excluding carboxylic acids is 1. The molecule has 0 aromatic heterocycles. The predicted octanol–water partition coefficient (Wildman–Crippen LogP) is 4.92. The second kappa shape index (κ2) is 4.29. The summed E-state index contributed by atoms with van der Waals surface area (Å²) in [6.07, 6.45) is 0.950. The molecule has 0 unspecified atom stereocenters. The van der Waals surface area contributed by atoms with Gasteiger partial charge >= 0.3 is 0 Å². The third-order valence-corrected chi connectivity index (χ3v) is 4.53. The molecule has 1 nitrogen and oxygen atoms in total. The molecule has 0 saturated heterocycles. The van der Waals surface area contributed by atoms with Crippen molar-refractivity contribution < 1.29 is 4.79 Å². The minimum absolute atomic E-state index is 0.156. The van der Waals surface area contributed by atoms with Crippen LogP contribution in [0.3, 0.4) is 0 Å². The summed E-state index contributed by atoms with van der Waals surface area (Å²) in [5.41, 5.74) is 6.37. The summed E-state index contributed by atoms with van der Waals surface area (Å²) < 4.78 is 0. The molecule has 0 atom stereocenters. The van der Waals surface area contributed by atoms with Crippen molar-refractivity contribution >= 4 is 16.6 Å². The van der Waals surface area contributed by atoms with Gasteiger partial charge in [-0.3, -0.25) is 4.79 Å². The molecule has 0 radical (unpaired) electrons. The topological polar surface area (TPSA) is 17.1 Å². The van der Waals surface area contributed by atoms with Gasteiger partial charge < -0.3 is 0 Å². The molecule has 102 valence electrons. The van der Waals surface area contributed by atoms with E-state index in [-0.39, 0.29) is 5.78 Å². The van der Waals surface area contributed by atoms with Crippen LogP contribution >= 0.6 is 0 Å². The maximum absolute atomic E-state index is 12.9. The largest absolute Gasteiger partial charge is 0.289 e. The Kier molecular flexibility index (Phi) is 2.52. The number of rotatable bonds is 1. The Morgan fingerprint density at radius 2 is 1.67 bits per heavy atom. The molecule has 1 heteroatoms. The van der Waals surface area contributed by atoms with Gasteiger partial charge in [0.2, 0.25) is 0 Å². The van der Waals surface area contributed by atoms with Crippen LogP contribution in [0, 0.1) is 6.92 Å². The van der Waals surface area contributed by atoms with E-state index in [1.807, 2.05) is 12.1 Å². The molecule has 0 amide bonds. The Balaban J connectivity index is 2.17. The van der Waals surface area contributed by atoms with Crippen LogP contribution in [0.2, 0.25) is 0 Å². The number of hydrogen-bond donors (Lipinski definition) is 0. The lowest BCUT2D eigenvalue weighted by atomic mass is 9.81. The van der Waals surface area contributed by atoms with Gasteiger partial charge in [-0.25, -0.2) is 0 Å². The lowest BCUT2D eigenvalue weighted by Gasteiger charge is -2.21. The Bertz CT molecular complexity index is 903. The van der Waals surface area contributed by atoms with Crippen molar-refractivity contribution in [2.24, 2.45) is 0 Å². The van der Waals surface area contributed by atoms with Crippen molar-refractivity contribution in [1.29, 1.82) is 0 Å². The second-order valence-corrected chi connectivity index (χ2v) is 5.72. The molecule has 4 rings (SSSR count). The Hall–Kier alpha value is -2.41. The van der Waals surface area contributed by atoms with E-state index < -0.39 is 0 Å². The molecule has 0 spiro atoms. The summed E-state index contributed by atoms with van der Waals surface area (Å²) in [6, 6.07) is 16.6. The van der Waals surface area contributed by atoms with Crippen molar-refractivity contribution in [3.63, 3.8) is 0 Å². The molecule has 3 aromatic carbocycles. The zero-order valence-corrected chi connectivity index (χ0v) is 12.2. The molecule has 1 aliphatic carbocycles. The lowest BCUT2D eigenvalue weighted by Crippen LogP contribution is -2.10. The van der Waals surface area contributed by atoms with Crippen LogP contribution in [0.1, 0.15) is 34.0 Å². The monoisotopic (exact) mass is 272 g/mol. The zero-order valence-electron chi connectivity index (χ0n) is 12.2. The fourth-order valence-electron chi connectivity index (χ4n) is 3.35. The highest BCUT2D eigenvalue weighted by atomic mass is 16.1. The van der Waals surface area contributed by atoms with E-state index in [9.17, 15) is 4.79 Å². The minimum Gasteiger partial charge on any atom is -0.289 e. The van der Waals surface area contributed by atoms with Gasteiger partial charge in [0.1, 0.15) is 0 Å². The number of fused-ring (bicyclic) bond motifs is 2. The first-order valence-electron chi connectivity index (χ1n) is 7.41. The summed E-state index contributed by atoms with van der Waals surface area (Å²) in [7, 11) is 0. The van der Waals surface area contributed by atoms with Crippen LogP contribution in [-0.2, 0) is 6.42 Å². The Labute approximate surface area is 124 Å². The van der Waals surface area contributed by atoms with E-state index in [1.54, 1.807) is 0 Å². The molecule has 0 N–H and O–H groups in total. The van der Waals surface area contributed by atoms with Crippen LogP contribution < -0.4 is 0 Å². The van der Waals surface area contributed by atoms with Gasteiger partial charge in [-0.15, -0.1) is 0 Å². The highest BCUT2D eigenvalue weighted by molar-refractivity contribution is 6.26. The van der Waals surface area contributed by atoms with Gasteiger partial charge in [-0.1, -0.05) is 49.4 Å². The van der Waals surface area contributed by atoms with Crippen molar-refractivity contribution in [3.8, 4) is 11.1 Å². The first kappa shape index (κ1) is 12.3. The zero-order chi connectivity index (χ0) is 14.6. The summed E-state index contributed by atoms with van der Waals surface area (Å²) >= 11 is 0. The molecular weight excluding hydrogens is 256 g/mol. The Morgan fingerprint density at radius 1 is 0.857 bits per heavy atom. The summed E-state index contributed by atoms with van der Waals surface area (Å²) in [6.45, 7) is 4.22. The summed E-state index contributed by atoms with van der Waals surface area (Å²) in [5, 5.41) is 2.29. The van der Waals surface area contributed by atoms with E-state index in [1.165, 1.54) is 22.1 Å². The number of ketones is 1. The number of hydrogen-bond acceptors (Lipinski definition) is 1. The van der Waals surface area contributed by atoms with Crippen molar-refractivity contribution in [2.45, 2.75) is 20.3 Å². The van der Waals surface area contributed by atoms with Gasteiger partial charge in [-0.05, 0) is 47.1 Å². The smallest absolute Gasteiger partial charge is 0.194 e. The molecule has 21 heavy (non-hydrogen) atoms. The van der Waals surface area contributed by atoms with E-state index in [0.29, 0.717) is 0 Å².